The van der Waals surface area contributed by atoms with Crippen LogP contribution in [0.25, 0.3) is 11.0 Å². The molecule has 0 aliphatic carbocycles. The first-order valence-corrected chi connectivity index (χ1v) is 7.50. The Labute approximate surface area is 137 Å². The maximum absolute atomic E-state index is 5.76. The summed E-state index contributed by atoms with van der Waals surface area (Å²) >= 11 is 0. The van der Waals surface area contributed by atoms with Gasteiger partial charge < -0.3 is 9.30 Å². The zero-order chi connectivity index (χ0) is 14.5. The van der Waals surface area contributed by atoms with E-state index < -0.39 is 0 Å². The Hall–Kier alpha value is -2.00. The topological polar surface area (TPSA) is 27.1 Å². The van der Waals surface area contributed by atoms with Gasteiger partial charge in [-0.3, -0.25) is 0 Å². The predicted octanol–water partition coefficient (Wildman–Crippen LogP) is 4.49. The van der Waals surface area contributed by atoms with Gasteiger partial charge >= 0.3 is 0 Å². The average Bonchev–Trinajstić information content (AvgIpc) is 2.90. The van der Waals surface area contributed by atoms with E-state index in [1.54, 1.807) is 0 Å². The maximum Gasteiger partial charge on any atom is 0.119 e. The fourth-order valence-corrected chi connectivity index (χ4v) is 2.57. The number of ether oxygens (including phenoxy) is 1. The lowest BCUT2D eigenvalue weighted by molar-refractivity contribution is 0.302. The second kappa shape index (κ2) is 7.85. The summed E-state index contributed by atoms with van der Waals surface area (Å²) in [5.41, 5.74) is 2.30. The van der Waals surface area contributed by atoms with Crippen LogP contribution in [0.3, 0.4) is 0 Å². The average molecular weight is 317 g/mol. The van der Waals surface area contributed by atoms with Crippen LogP contribution in [0.15, 0.2) is 54.6 Å². The highest BCUT2D eigenvalue weighted by Gasteiger charge is 2.08. The van der Waals surface area contributed by atoms with Crippen LogP contribution in [-0.2, 0) is 13.0 Å². The molecule has 0 spiro atoms. The lowest BCUT2D eigenvalue weighted by Gasteiger charge is -2.09. The molecular formula is C18H21ClN2O. The molecular weight excluding hydrogens is 296 g/mol. The van der Waals surface area contributed by atoms with Crippen molar-refractivity contribution in [1.29, 1.82) is 0 Å². The van der Waals surface area contributed by atoms with E-state index in [4.69, 9.17) is 9.72 Å². The molecule has 4 heteroatoms. The number of rotatable bonds is 6. The molecule has 3 aromatic rings. The second-order valence-corrected chi connectivity index (χ2v) is 5.04. The third-order valence-electron chi connectivity index (χ3n) is 3.59. The lowest BCUT2D eigenvalue weighted by Crippen LogP contribution is -2.07. The van der Waals surface area contributed by atoms with Gasteiger partial charge in [-0.1, -0.05) is 37.3 Å². The molecule has 0 N–H and O–H groups in total. The molecule has 2 aromatic carbocycles. The number of benzene rings is 2. The number of halogens is 1. The van der Waals surface area contributed by atoms with Gasteiger partial charge in [-0.25, -0.2) is 4.98 Å². The number of aryl methyl sites for hydroxylation is 2. The summed E-state index contributed by atoms with van der Waals surface area (Å²) in [7, 11) is 0. The van der Waals surface area contributed by atoms with Crippen LogP contribution < -0.4 is 4.74 Å². The maximum atomic E-state index is 5.76. The van der Waals surface area contributed by atoms with Crippen molar-refractivity contribution in [2.75, 3.05) is 6.61 Å². The lowest BCUT2D eigenvalue weighted by atomic mass is 10.3. The van der Waals surface area contributed by atoms with E-state index in [2.05, 4.69) is 29.7 Å². The molecule has 0 aliphatic heterocycles. The quantitative estimate of drug-likeness (QED) is 0.626. The first-order valence-electron chi connectivity index (χ1n) is 7.50. The summed E-state index contributed by atoms with van der Waals surface area (Å²) in [6, 6.07) is 18.3. The van der Waals surface area contributed by atoms with Gasteiger partial charge in [0, 0.05) is 13.0 Å². The Balaban J connectivity index is 0.00000176. The van der Waals surface area contributed by atoms with E-state index in [1.165, 1.54) is 5.52 Å². The van der Waals surface area contributed by atoms with Crippen LogP contribution in [-0.4, -0.2) is 16.2 Å². The van der Waals surface area contributed by atoms with E-state index in [0.29, 0.717) is 0 Å². The van der Waals surface area contributed by atoms with E-state index >= 15 is 0 Å². The molecule has 1 heterocycles. The molecule has 0 radical (unpaired) electrons. The van der Waals surface area contributed by atoms with Gasteiger partial charge in [0.05, 0.1) is 17.6 Å². The van der Waals surface area contributed by atoms with Gasteiger partial charge in [-0.2, -0.15) is 0 Å². The Morgan fingerprint density at radius 3 is 2.50 bits per heavy atom. The first-order chi connectivity index (χ1) is 10.4. The van der Waals surface area contributed by atoms with Crippen LogP contribution in [0, 0.1) is 0 Å². The molecule has 0 atom stereocenters. The molecule has 116 valence electrons. The van der Waals surface area contributed by atoms with Crippen LogP contribution in [0.5, 0.6) is 5.75 Å². The highest BCUT2D eigenvalue weighted by molar-refractivity contribution is 5.85. The van der Waals surface area contributed by atoms with Crippen molar-refractivity contribution in [2.24, 2.45) is 0 Å². The first kappa shape index (κ1) is 16.4. The van der Waals surface area contributed by atoms with Gasteiger partial charge in [0.25, 0.3) is 0 Å². The number of hydrogen-bond acceptors (Lipinski definition) is 2. The standard InChI is InChI=1S/C18H20N2O.ClH/c1-2-18-19-16-11-6-7-12-17(16)20(18)13-8-14-21-15-9-4-3-5-10-15;/h3-7,9-12H,2,8,13-14H2,1H3;1H. The summed E-state index contributed by atoms with van der Waals surface area (Å²) in [5, 5.41) is 0. The van der Waals surface area contributed by atoms with E-state index in [0.717, 1.165) is 43.1 Å². The fraction of sp³-hybridized carbons (Fsp3) is 0.278. The molecule has 1 aromatic heterocycles. The summed E-state index contributed by atoms with van der Waals surface area (Å²) in [6.07, 6.45) is 1.93. The molecule has 0 saturated carbocycles. The van der Waals surface area contributed by atoms with Gasteiger partial charge in [0.1, 0.15) is 11.6 Å². The van der Waals surface area contributed by atoms with Crippen molar-refractivity contribution >= 4 is 23.4 Å². The molecule has 0 unspecified atom stereocenters. The van der Waals surface area contributed by atoms with Crippen molar-refractivity contribution in [1.82, 2.24) is 9.55 Å². The molecule has 0 saturated heterocycles. The van der Waals surface area contributed by atoms with E-state index in [-0.39, 0.29) is 12.4 Å². The fourth-order valence-electron chi connectivity index (χ4n) is 2.57. The summed E-state index contributed by atoms with van der Waals surface area (Å²) < 4.78 is 8.07. The Kier molecular flexibility index (Phi) is 5.84. The Bertz CT molecular complexity index is 709. The number of aromatic nitrogens is 2. The second-order valence-electron chi connectivity index (χ2n) is 5.04. The minimum absolute atomic E-state index is 0. The molecule has 0 fully saturated rings. The van der Waals surface area contributed by atoms with Crippen molar-refractivity contribution in [3.8, 4) is 5.75 Å². The molecule has 22 heavy (non-hydrogen) atoms. The highest BCUT2D eigenvalue weighted by Crippen LogP contribution is 2.17. The Morgan fingerprint density at radius 2 is 1.73 bits per heavy atom. The number of nitrogens with zero attached hydrogens (tertiary/aromatic N) is 2. The highest BCUT2D eigenvalue weighted by atomic mass is 35.5. The predicted molar refractivity (Wildman–Crippen MR) is 92.9 cm³/mol. The van der Waals surface area contributed by atoms with Crippen LogP contribution in [0.1, 0.15) is 19.2 Å². The van der Waals surface area contributed by atoms with Gasteiger partial charge in [-0.15, -0.1) is 12.4 Å². The van der Waals surface area contributed by atoms with Crippen LogP contribution in [0.4, 0.5) is 0 Å². The molecule has 3 rings (SSSR count). The van der Waals surface area contributed by atoms with Crippen molar-refractivity contribution in [3.63, 3.8) is 0 Å². The third kappa shape index (κ3) is 3.60. The largest absolute Gasteiger partial charge is 0.494 e. The van der Waals surface area contributed by atoms with Crippen LogP contribution >= 0.6 is 12.4 Å². The molecule has 0 aliphatic rings. The zero-order valence-corrected chi connectivity index (χ0v) is 13.6. The Morgan fingerprint density at radius 1 is 1.00 bits per heavy atom. The molecule has 0 bridgehead atoms. The van der Waals surface area contributed by atoms with Crippen molar-refractivity contribution < 1.29 is 4.74 Å². The van der Waals surface area contributed by atoms with E-state index in [1.807, 2.05) is 36.4 Å². The minimum atomic E-state index is 0. The van der Waals surface area contributed by atoms with E-state index in [9.17, 15) is 0 Å². The normalized spacial score (nSPS) is 10.4. The van der Waals surface area contributed by atoms with Gasteiger partial charge in [0.15, 0.2) is 0 Å². The smallest absolute Gasteiger partial charge is 0.119 e. The van der Waals surface area contributed by atoms with Crippen LogP contribution in [0.2, 0.25) is 0 Å². The summed E-state index contributed by atoms with van der Waals surface area (Å²) in [4.78, 5) is 4.69. The third-order valence-corrected chi connectivity index (χ3v) is 3.59. The molecule has 0 amide bonds. The summed E-state index contributed by atoms with van der Waals surface area (Å²) in [6.45, 7) is 3.81. The number of para-hydroxylation sites is 3. The molecule has 3 nitrogen and oxygen atoms in total. The number of fused-ring (bicyclic) bond motifs is 1. The van der Waals surface area contributed by atoms with Crippen molar-refractivity contribution in [2.45, 2.75) is 26.3 Å². The SMILES string of the molecule is CCc1nc2ccccc2n1CCCOc1ccccc1.Cl. The zero-order valence-electron chi connectivity index (χ0n) is 12.7. The van der Waals surface area contributed by atoms with Gasteiger partial charge in [-0.05, 0) is 30.7 Å². The monoisotopic (exact) mass is 316 g/mol. The van der Waals surface area contributed by atoms with Crippen molar-refractivity contribution in [3.05, 3.63) is 60.4 Å². The minimum Gasteiger partial charge on any atom is -0.494 e. The number of imidazole rings is 1. The van der Waals surface area contributed by atoms with Gasteiger partial charge in [0.2, 0.25) is 0 Å². The number of hydrogen-bond donors (Lipinski definition) is 0. The summed E-state index contributed by atoms with van der Waals surface area (Å²) in [5.74, 6) is 2.08.